The quantitative estimate of drug-likeness (QED) is 0.721. The van der Waals surface area contributed by atoms with E-state index in [0.29, 0.717) is 23.0 Å². The zero-order valence-corrected chi connectivity index (χ0v) is 14.1. The van der Waals surface area contributed by atoms with Crippen LogP contribution in [0.5, 0.6) is 0 Å². The number of aryl methyl sites for hydroxylation is 1. The third kappa shape index (κ3) is 2.56. The van der Waals surface area contributed by atoms with Crippen molar-refractivity contribution in [2.24, 2.45) is 0 Å². The molecule has 0 unspecified atom stereocenters. The minimum absolute atomic E-state index is 0.0784. The van der Waals surface area contributed by atoms with Gasteiger partial charge in [0.05, 0.1) is 17.1 Å². The Hall–Kier alpha value is -2.83. The van der Waals surface area contributed by atoms with Crippen LogP contribution in [0.1, 0.15) is 25.0 Å². The Labute approximate surface area is 143 Å². The van der Waals surface area contributed by atoms with Gasteiger partial charge in [-0.15, -0.1) is 6.58 Å². The van der Waals surface area contributed by atoms with Crippen LogP contribution in [-0.2, 0) is 17.9 Å². The Morgan fingerprint density at radius 2 is 2.32 bits per heavy atom. The summed E-state index contributed by atoms with van der Waals surface area (Å²) in [6, 6.07) is 2.13. The summed E-state index contributed by atoms with van der Waals surface area (Å²) >= 11 is 0. The van der Waals surface area contributed by atoms with Gasteiger partial charge in [-0.25, -0.2) is 4.68 Å². The lowest BCUT2D eigenvalue weighted by molar-refractivity contribution is -0.123. The molecule has 0 spiro atoms. The van der Waals surface area contributed by atoms with E-state index in [1.807, 2.05) is 17.6 Å². The Morgan fingerprint density at radius 1 is 1.52 bits per heavy atom. The predicted molar refractivity (Wildman–Crippen MR) is 94.5 cm³/mol. The first-order valence-corrected chi connectivity index (χ1v) is 8.47. The molecule has 0 saturated heterocycles. The number of nitrogens with one attached hydrogen (secondary N) is 1. The number of furan rings is 1. The number of carbonyl (C=O) groups excluding carboxylic acids is 1. The largest absolute Gasteiger partial charge is 0.459 e. The average Bonchev–Trinajstić information content (AvgIpc) is 3.04. The number of amides is 1. The summed E-state index contributed by atoms with van der Waals surface area (Å²) in [5.41, 5.74) is 1.67. The first-order chi connectivity index (χ1) is 12.1. The fourth-order valence-corrected chi connectivity index (χ4v) is 3.31. The maximum absolute atomic E-state index is 12.9. The maximum Gasteiger partial charge on any atom is 0.291 e. The molecular formula is C18H20N4O3. The van der Waals surface area contributed by atoms with Crippen molar-refractivity contribution in [1.82, 2.24) is 19.7 Å². The monoisotopic (exact) mass is 340 g/mol. The van der Waals surface area contributed by atoms with Gasteiger partial charge in [0.1, 0.15) is 17.8 Å². The van der Waals surface area contributed by atoms with Gasteiger partial charge in [-0.05, 0) is 26.2 Å². The Bertz CT molecular complexity index is 1040. The van der Waals surface area contributed by atoms with Crippen molar-refractivity contribution in [3.63, 3.8) is 0 Å². The van der Waals surface area contributed by atoms with E-state index in [1.54, 1.807) is 12.3 Å². The molecule has 130 valence electrons. The number of hydrogen-bond donors (Lipinski definition) is 1. The first-order valence-electron chi connectivity index (χ1n) is 8.47. The van der Waals surface area contributed by atoms with Crippen molar-refractivity contribution in [2.75, 3.05) is 0 Å². The van der Waals surface area contributed by atoms with Gasteiger partial charge in [0, 0.05) is 18.7 Å². The number of carbonyl (C=O) groups is 1. The molecule has 1 amide bonds. The highest BCUT2D eigenvalue weighted by Crippen LogP contribution is 2.29. The highest BCUT2D eigenvalue weighted by Gasteiger charge is 2.22. The highest BCUT2D eigenvalue weighted by molar-refractivity contribution is 6.04. The number of aromatic nitrogens is 3. The molecule has 7 heteroatoms. The van der Waals surface area contributed by atoms with Crippen LogP contribution < -0.4 is 10.9 Å². The normalized spacial score (nSPS) is 14.8. The van der Waals surface area contributed by atoms with Gasteiger partial charge in [-0.3, -0.25) is 9.59 Å². The Kier molecular flexibility index (Phi) is 3.71. The second-order valence-electron chi connectivity index (χ2n) is 6.54. The van der Waals surface area contributed by atoms with E-state index in [9.17, 15) is 9.59 Å². The predicted octanol–water partition coefficient (Wildman–Crippen LogP) is 2.11. The fourth-order valence-electron chi connectivity index (χ4n) is 3.31. The molecule has 0 radical (unpaired) electrons. The van der Waals surface area contributed by atoms with Crippen LogP contribution in [0, 0.1) is 6.92 Å². The van der Waals surface area contributed by atoms with Gasteiger partial charge in [-0.2, -0.15) is 5.10 Å². The standard InChI is InChI=1S/C18H20N4O3/c1-3-7-21-14-8-11(2)25-17(14)13-9-19-22(18(24)16(13)21)10-15(23)20-12-5-4-6-12/h3,8-9,12H,1,4-7,10H2,2H3,(H,20,23). The van der Waals surface area contributed by atoms with Crippen LogP contribution in [-0.4, -0.2) is 26.3 Å². The van der Waals surface area contributed by atoms with Crippen molar-refractivity contribution >= 4 is 27.9 Å². The summed E-state index contributed by atoms with van der Waals surface area (Å²) in [7, 11) is 0. The van der Waals surface area contributed by atoms with Crippen LogP contribution in [0.2, 0.25) is 0 Å². The minimum Gasteiger partial charge on any atom is -0.459 e. The molecule has 3 aromatic rings. The summed E-state index contributed by atoms with van der Waals surface area (Å²) in [5, 5.41) is 7.76. The summed E-state index contributed by atoms with van der Waals surface area (Å²) in [4.78, 5) is 25.0. The molecule has 1 aliphatic rings. The summed E-state index contributed by atoms with van der Waals surface area (Å²) < 4.78 is 8.81. The smallest absolute Gasteiger partial charge is 0.291 e. The lowest BCUT2D eigenvalue weighted by Gasteiger charge is -2.26. The zero-order valence-electron chi connectivity index (χ0n) is 14.1. The van der Waals surface area contributed by atoms with Gasteiger partial charge >= 0.3 is 0 Å². The Morgan fingerprint density at radius 3 is 3.00 bits per heavy atom. The summed E-state index contributed by atoms with van der Waals surface area (Å²) in [6.07, 6.45) is 6.48. The maximum atomic E-state index is 12.9. The van der Waals surface area contributed by atoms with Crippen LogP contribution in [0.3, 0.4) is 0 Å². The molecule has 7 nitrogen and oxygen atoms in total. The molecule has 0 aromatic carbocycles. The van der Waals surface area contributed by atoms with Crippen molar-refractivity contribution < 1.29 is 9.21 Å². The van der Waals surface area contributed by atoms with Crippen molar-refractivity contribution in [3.05, 3.63) is 41.0 Å². The molecule has 3 heterocycles. The van der Waals surface area contributed by atoms with Crippen LogP contribution in [0.4, 0.5) is 0 Å². The van der Waals surface area contributed by atoms with Gasteiger partial charge in [0.15, 0.2) is 5.58 Å². The van der Waals surface area contributed by atoms with Crippen LogP contribution in [0.15, 0.2) is 34.1 Å². The SMILES string of the molecule is C=CCn1c2cc(C)oc2c2cnn(CC(=O)NC3CCC3)c(=O)c21. The summed E-state index contributed by atoms with van der Waals surface area (Å²) in [5.74, 6) is 0.591. The molecular weight excluding hydrogens is 320 g/mol. The van der Waals surface area contributed by atoms with Crippen molar-refractivity contribution in [3.8, 4) is 0 Å². The third-order valence-electron chi connectivity index (χ3n) is 4.73. The summed E-state index contributed by atoms with van der Waals surface area (Å²) in [6.45, 7) is 6.03. The van der Waals surface area contributed by atoms with E-state index in [0.717, 1.165) is 30.5 Å². The molecule has 0 aliphatic heterocycles. The van der Waals surface area contributed by atoms with Crippen molar-refractivity contribution in [2.45, 2.75) is 45.3 Å². The first kappa shape index (κ1) is 15.7. The minimum atomic E-state index is -0.299. The van der Waals surface area contributed by atoms with Crippen molar-refractivity contribution in [1.29, 1.82) is 0 Å². The second kappa shape index (κ2) is 5.91. The van der Waals surface area contributed by atoms with Gasteiger partial charge < -0.3 is 14.3 Å². The molecule has 3 aromatic heterocycles. The molecule has 4 rings (SSSR count). The number of hydrogen-bond acceptors (Lipinski definition) is 4. The van der Waals surface area contributed by atoms with Gasteiger partial charge in [-0.1, -0.05) is 6.08 Å². The molecule has 1 N–H and O–H groups in total. The molecule has 1 aliphatic carbocycles. The van der Waals surface area contributed by atoms with E-state index in [-0.39, 0.29) is 24.1 Å². The number of rotatable bonds is 5. The third-order valence-corrected chi connectivity index (χ3v) is 4.73. The van der Waals surface area contributed by atoms with E-state index in [1.165, 1.54) is 4.68 Å². The second-order valence-corrected chi connectivity index (χ2v) is 6.54. The van der Waals surface area contributed by atoms with Crippen LogP contribution in [0.25, 0.3) is 22.0 Å². The highest BCUT2D eigenvalue weighted by atomic mass is 16.3. The Balaban J connectivity index is 1.78. The lowest BCUT2D eigenvalue weighted by Crippen LogP contribution is -2.42. The molecule has 25 heavy (non-hydrogen) atoms. The number of fused-ring (bicyclic) bond motifs is 3. The molecule has 1 fully saturated rings. The van der Waals surface area contributed by atoms with Crippen LogP contribution >= 0.6 is 0 Å². The topological polar surface area (TPSA) is 82.1 Å². The van der Waals surface area contributed by atoms with E-state index in [2.05, 4.69) is 17.0 Å². The number of nitrogens with zero attached hydrogens (tertiary/aromatic N) is 3. The fraction of sp³-hybridized carbons (Fsp3) is 0.389. The molecule has 1 saturated carbocycles. The van der Waals surface area contributed by atoms with E-state index < -0.39 is 0 Å². The van der Waals surface area contributed by atoms with E-state index >= 15 is 0 Å². The molecule has 0 bridgehead atoms. The van der Waals surface area contributed by atoms with Gasteiger partial charge in [0.25, 0.3) is 5.56 Å². The molecule has 0 atom stereocenters. The van der Waals surface area contributed by atoms with E-state index in [4.69, 9.17) is 4.42 Å². The average molecular weight is 340 g/mol. The van der Waals surface area contributed by atoms with Gasteiger partial charge in [0.2, 0.25) is 5.91 Å². The lowest BCUT2D eigenvalue weighted by atomic mass is 9.93. The zero-order chi connectivity index (χ0) is 17.6. The number of allylic oxidation sites excluding steroid dienone is 1.